The molecule has 4 aromatic rings. The first-order valence-electron chi connectivity index (χ1n) is 24.7. The number of carbonyl (C=O) groups excluding carboxylic acids is 8. The van der Waals surface area contributed by atoms with Crippen LogP contribution < -0.4 is 16.0 Å². The van der Waals surface area contributed by atoms with Crippen molar-refractivity contribution in [2.75, 3.05) is 19.7 Å². The average molecular weight is 1070 g/mol. The number of benzene rings is 4. The fourth-order valence-electron chi connectivity index (χ4n) is 11.4. The molecule has 4 aromatic carbocycles. The highest BCUT2D eigenvalue weighted by atomic mass is 19.1. The minimum absolute atomic E-state index is 0.00422. The van der Waals surface area contributed by atoms with Crippen molar-refractivity contribution in [1.82, 2.24) is 16.0 Å². The molecule has 21 heteroatoms. The van der Waals surface area contributed by atoms with Crippen LogP contribution in [0.4, 0.5) is 8.78 Å². The number of amides is 3. The van der Waals surface area contributed by atoms with E-state index in [2.05, 4.69) is 16.0 Å². The summed E-state index contributed by atoms with van der Waals surface area (Å²) in [5.74, 6) is -12.1. The van der Waals surface area contributed by atoms with Crippen LogP contribution in [0.1, 0.15) is 90.1 Å². The third-order valence-corrected chi connectivity index (χ3v) is 15.5. The lowest BCUT2D eigenvalue weighted by Crippen LogP contribution is -2.81. The third kappa shape index (κ3) is 10.3. The molecule has 4 aliphatic rings. The van der Waals surface area contributed by atoms with Gasteiger partial charge >= 0.3 is 23.9 Å². The van der Waals surface area contributed by atoms with Gasteiger partial charge in [-0.3, -0.25) is 28.8 Å². The van der Waals surface area contributed by atoms with Gasteiger partial charge in [-0.15, -0.1) is 0 Å². The zero-order chi connectivity index (χ0) is 55.8. The third-order valence-electron chi connectivity index (χ3n) is 15.5. The van der Waals surface area contributed by atoms with E-state index in [4.69, 9.17) is 23.7 Å². The fourth-order valence-corrected chi connectivity index (χ4v) is 11.4. The van der Waals surface area contributed by atoms with Gasteiger partial charge in [-0.05, 0) is 67.0 Å². The summed E-state index contributed by atoms with van der Waals surface area (Å²) in [6.45, 7) is 4.70. The summed E-state index contributed by atoms with van der Waals surface area (Å²) in [5.41, 5.74) is -8.68. The highest BCUT2D eigenvalue weighted by Gasteiger charge is 2.78. The molecule has 11 atom stereocenters. The van der Waals surface area contributed by atoms with Crippen molar-refractivity contribution in [3.05, 3.63) is 154 Å². The van der Waals surface area contributed by atoms with Crippen LogP contribution >= 0.6 is 0 Å². The summed E-state index contributed by atoms with van der Waals surface area (Å²) in [6.07, 6.45) is -11.6. The second kappa shape index (κ2) is 21.7. The Morgan fingerprint density at radius 2 is 1.43 bits per heavy atom. The molecule has 3 fully saturated rings. The molecule has 6 N–H and O–H groups in total. The zero-order valence-corrected chi connectivity index (χ0v) is 42.5. The summed E-state index contributed by atoms with van der Waals surface area (Å²) < 4.78 is 58.1. The van der Waals surface area contributed by atoms with E-state index in [1.165, 1.54) is 64.1 Å². The topological polar surface area (TPSA) is 279 Å². The Hall–Kier alpha value is -7.72. The number of aliphatic hydroxyl groups excluding tert-OH is 2. The summed E-state index contributed by atoms with van der Waals surface area (Å²) >= 11 is 0. The molecule has 0 aromatic heterocycles. The number of hydrogen-bond acceptors (Lipinski definition) is 16. The number of carbonyl (C=O) groups is 8. The van der Waals surface area contributed by atoms with E-state index in [1.807, 2.05) is 0 Å². The molecule has 1 heterocycles. The normalized spacial score (nSPS) is 27.7. The number of fused-ring (bicyclic) bond motifs is 5. The second-order valence-corrected chi connectivity index (χ2v) is 20.3. The van der Waals surface area contributed by atoms with E-state index < -0.39 is 155 Å². The van der Waals surface area contributed by atoms with E-state index in [9.17, 15) is 52.9 Å². The lowest BCUT2D eigenvalue weighted by atomic mass is 9.44. The first-order chi connectivity index (χ1) is 36.4. The van der Waals surface area contributed by atoms with Crippen molar-refractivity contribution in [3.63, 3.8) is 0 Å². The van der Waals surface area contributed by atoms with Gasteiger partial charge in [-0.25, -0.2) is 18.4 Å². The van der Waals surface area contributed by atoms with E-state index in [0.29, 0.717) is 6.07 Å². The largest absolute Gasteiger partial charge is 0.455 e. The molecule has 1 unspecified atom stereocenters. The first kappa shape index (κ1) is 55.5. The fraction of sp³-hybridized carbons (Fsp3) is 0.393. The van der Waals surface area contributed by atoms with Crippen LogP contribution in [0, 0.1) is 28.4 Å². The van der Waals surface area contributed by atoms with Crippen molar-refractivity contribution in [3.8, 4) is 0 Å². The predicted molar refractivity (Wildman–Crippen MR) is 264 cm³/mol. The smallest absolute Gasteiger partial charge is 0.350 e. The van der Waals surface area contributed by atoms with Crippen molar-refractivity contribution in [2.45, 2.75) is 101 Å². The second-order valence-electron chi connectivity index (χ2n) is 20.3. The highest BCUT2D eigenvalue weighted by molar-refractivity contribution is 5.98. The van der Waals surface area contributed by atoms with Crippen molar-refractivity contribution < 1.29 is 86.1 Å². The monoisotopic (exact) mass is 1070 g/mol. The number of halogens is 2. The van der Waals surface area contributed by atoms with Crippen molar-refractivity contribution >= 4 is 47.4 Å². The maximum absolute atomic E-state index is 15.3. The zero-order valence-electron chi connectivity index (χ0n) is 42.5. The highest BCUT2D eigenvalue weighted by Crippen LogP contribution is 2.64. The van der Waals surface area contributed by atoms with Gasteiger partial charge in [-0.2, -0.15) is 0 Å². The Balaban J connectivity index is 1.18. The van der Waals surface area contributed by atoms with Gasteiger partial charge in [0.15, 0.2) is 11.4 Å². The van der Waals surface area contributed by atoms with Crippen LogP contribution in [0.2, 0.25) is 0 Å². The van der Waals surface area contributed by atoms with Crippen molar-refractivity contribution in [2.24, 2.45) is 16.7 Å². The first-order valence-corrected chi connectivity index (χ1v) is 24.7. The quantitative estimate of drug-likeness (QED) is 0.0564. The number of aliphatic hydroxyl groups is 3. The Labute approximate surface area is 440 Å². The van der Waals surface area contributed by atoms with Crippen LogP contribution in [0.5, 0.6) is 0 Å². The van der Waals surface area contributed by atoms with Gasteiger partial charge in [-0.1, -0.05) is 80.6 Å². The van der Waals surface area contributed by atoms with Crippen LogP contribution in [0.25, 0.3) is 0 Å². The van der Waals surface area contributed by atoms with Crippen LogP contribution in [-0.4, -0.2) is 130 Å². The number of hydrogen-bond donors (Lipinski definition) is 6. The van der Waals surface area contributed by atoms with Gasteiger partial charge in [0, 0.05) is 36.8 Å². The number of rotatable bonds is 15. The van der Waals surface area contributed by atoms with Gasteiger partial charge in [0.1, 0.15) is 54.2 Å². The maximum atomic E-state index is 15.3. The molecule has 406 valence electrons. The number of Topliss-reactive ketones (excluding diaryl/α,β-unsaturated/α-hetero) is 1. The lowest BCUT2D eigenvalue weighted by Gasteiger charge is -2.67. The van der Waals surface area contributed by atoms with Crippen LogP contribution in [0.3, 0.4) is 0 Å². The predicted octanol–water partition coefficient (Wildman–Crippen LogP) is 3.54. The minimum atomic E-state index is -2.52. The molecule has 77 heavy (non-hydrogen) atoms. The summed E-state index contributed by atoms with van der Waals surface area (Å²) in [6, 6.07) is 23.8. The molecule has 2 saturated carbocycles. The molecule has 0 radical (unpaired) electrons. The Morgan fingerprint density at radius 3 is 2.03 bits per heavy atom. The molecule has 3 amide bonds. The Kier molecular flexibility index (Phi) is 15.7. The van der Waals surface area contributed by atoms with Gasteiger partial charge in [0.05, 0.1) is 41.7 Å². The minimum Gasteiger partial charge on any atom is -0.455 e. The standard InChI is InChI=1S/C56H57F2N3O16/c1-29-37(25-56(72)48(76-51(70)33-19-13-8-14-20-33)46-54(5,47(67)44(66)42(29)53(56,3)4)38(63)24-39-55(46,28-73-39)77-30(2)62)74-52(71)45(43(31-15-9-6-10-16-31)61-49(68)32-17-11-7-12-18-32)75-41(65)27-59-40(64)26-60-50(69)35-22-21-34(57)23-36(35)58/h6-23,37-39,43-46,48,63,66,72H,24-28H2,1-5H3,(H,59,64)(H,60,69)(H,61,68)/t37-,38-,39+,43-,44+,45+,46?,48-,54+,55-,56+/m0/s1. The molecule has 19 nitrogen and oxygen atoms in total. The van der Waals surface area contributed by atoms with Gasteiger partial charge < -0.3 is 55.0 Å². The number of ketones is 1. The van der Waals surface area contributed by atoms with Crippen molar-refractivity contribution in [1.29, 1.82) is 0 Å². The van der Waals surface area contributed by atoms with E-state index in [1.54, 1.807) is 54.6 Å². The number of esters is 4. The molecule has 3 aliphatic carbocycles. The Morgan fingerprint density at radius 1 is 0.805 bits per heavy atom. The lowest BCUT2D eigenvalue weighted by molar-refractivity contribution is -0.346. The molecule has 2 bridgehead atoms. The summed E-state index contributed by atoms with van der Waals surface area (Å²) in [4.78, 5) is 111. The number of nitrogens with one attached hydrogen (secondary N) is 3. The molecular weight excluding hydrogens is 1010 g/mol. The Bertz CT molecular complexity index is 3010. The molecule has 1 aliphatic heterocycles. The summed E-state index contributed by atoms with van der Waals surface area (Å²) in [5, 5.41) is 45.4. The van der Waals surface area contributed by atoms with E-state index in [0.717, 1.165) is 19.1 Å². The van der Waals surface area contributed by atoms with Gasteiger partial charge in [0.2, 0.25) is 12.0 Å². The van der Waals surface area contributed by atoms with Gasteiger partial charge in [0.25, 0.3) is 11.8 Å². The number of ether oxygens (including phenoxy) is 5. The molecule has 0 spiro atoms. The maximum Gasteiger partial charge on any atom is 0.350 e. The molecular formula is C56H57F2N3O16. The van der Waals surface area contributed by atoms with Crippen LogP contribution in [-0.2, 0) is 47.7 Å². The van der Waals surface area contributed by atoms with Crippen LogP contribution in [0.15, 0.2) is 120 Å². The van der Waals surface area contributed by atoms with E-state index >= 15 is 9.59 Å². The SMILES string of the molecule is CC(=O)O[C@@]12CO[C@@H]1C[C@H](O)[C@@]1(C)C(=O)[C@H](O)C3=C(C)[C@@H](OC(=O)[C@H](OC(=O)CNC(=O)CNC(=O)c4ccc(F)cc4F)[C@@H](NC(=O)c4ccccc4)c4ccccc4)C[C@@](O)([C@@H](OC(=O)c4ccccc4)C12)C3(C)C. The summed E-state index contributed by atoms with van der Waals surface area (Å²) in [7, 11) is 0. The molecule has 8 rings (SSSR count). The molecule has 1 saturated heterocycles. The van der Waals surface area contributed by atoms with E-state index in [-0.39, 0.29) is 40.9 Å². The average Bonchev–Trinajstić information content (AvgIpc) is 3.53.